The van der Waals surface area contributed by atoms with Crippen LogP contribution in [0.1, 0.15) is 32.6 Å². The maximum absolute atomic E-state index is 12.4. The summed E-state index contributed by atoms with van der Waals surface area (Å²) >= 11 is 0. The summed E-state index contributed by atoms with van der Waals surface area (Å²) in [6.07, 6.45) is 6.91. The highest BCUT2D eigenvalue weighted by molar-refractivity contribution is 5.82. The lowest BCUT2D eigenvalue weighted by Gasteiger charge is -2.46. The average Bonchev–Trinajstić information content (AvgIpc) is 3.15. The minimum absolute atomic E-state index is 0.00364. The van der Waals surface area contributed by atoms with Crippen LogP contribution in [0.15, 0.2) is 12.3 Å². The molecule has 3 aliphatic rings. The summed E-state index contributed by atoms with van der Waals surface area (Å²) in [6.45, 7) is 3.08. The van der Waals surface area contributed by atoms with Crippen molar-refractivity contribution < 1.29 is 9.72 Å². The van der Waals surface area contributed by atoms with E-state index in [1.165, 1.54) is 0 Å². The maximum atomic E-state index is 12.4. The Kier molecular flexibility index (Phi) is 3.49. The lowest BCUT2D eigenvalue weighted by molar-refractivity contribution is -0.611. The largest absolute Gasteiger partial charge is 0.317 e. The molecule has 1 saturated carbocycles. The van der Waals surface area contributed by atoms with Gasteiger partial charge in [0.25, 0.3) is 0 Å². The number of amides is 1. The lowest BCUT2D eigenvalue weighted by atomic mass is 9.87. The summed E-state index contributed by atoms with van der Waals surface area (Å²) in [5.74, 6) is 0.0329. The fourth-order valence-electron chi connectivity index (χ4n) is 3.68. The van der Waals surface area contributed by atoms with Crippen LogP contribution in [0.4, 0.5) is 0 Å². The summed E-state index contributed by atoms with van der Waals surface area (Å²) < 4.78 is 0. The zero-order valence-corrected chi connectivity index (χ0v) is 12.3. The number of rotatable bonds is 3. The number of carbonyl (C=O) groups is 1. The van der Waals surface area contributed by atoms with E-state index >= 15 is 0 Å². The number of nitrogens with two attached hydrogens (primary N) is 1. The lowest BCUT2D eigenvalue weighted by Crippen LogP contribution is -2.74. The van der Waals surface area contributed by atoms with Crippen LogP contribution in [-0.2, 0) is 4.79 Å². The van der Waals surface area contributed by atoms with Crippen molar-refractivity contribution in [1.29, 1.82) is 0 Å². The Morgan fingerprint density at radius 2 is 2.00 bits per heavy atom. The zero-order chi connectivity index (χ0) is 15.2. The monoisotopic (exact) mass is 294 g/mol. The van der Waals surface area contributed by atoms with Gasteiger partial charge in [0, 0.05) is 30.1 Å². The number of likely N-dealkylation sites (tertiary alicyclic amines) is 1. The molecule has 3 unspecified atom stereocenters. The standard InChI is InChI=1S/C14H22N4O3/c1-10-14(18(20)21,16-7-2-3-8-16)12(15)6-9-17(10)13(19)11-4-5-11/h6,9-12H,2-5,7-8,15H2,1H3. The molecule has 2 heterocycles. The van der Waals surface area contributed by atoms with Gasteiger partial charge in [-0.05, 0) is 38.7 Å². The first-order valence-corrected chi connectivity index (χ1v) is 7.65. The maximum Gasteiger partial charge on any atom is 0.316 e. The molecule has 3 atom stereocenters. The predicted molar refractivity (Wildman–Crippen MR) is 76.7 cm³/mol. The average molecular weight is 294 g/mol. The van der Waals surface area contributed by atoms with Crippen LogP contribution >= 0.6 is 0 Å². The first kappa shape index (κ1) is 14.5. The van der Waals surface area contributed by atoms with Crippen LogP contribution < -0.4 is 5.73 Å². The van der Waals surface area contributed by atoms with Gasteiger partial charge >= 0.3 is 5.66 Å². The second-order valence-corrected chi connectivity index (χ2v) is 6.30. The minimum Gasteiger partial charge on any atom is -0.317 e. The molecule has 2 N–H and O–H groups in total. The molecule has 0 bridgehead atoms. The van der Waals surface area contributed by atoms with Crippen LogP contribution in [0.2, 0.25) is 0 Å². The number of nitro groups is 1. The Hall–Kier alpha value is -1.47. The van der Waals surface area contributed by atoms with Gasteiger partial charge in [-0.1, -0.05) is 0 Å². The van der Waals surface area contributed by atoms with Crippen molar-refractivity contribution in [3.8, 4) is 0 Å². The summed E-state index contributed by atoms with van der Waals surface area (Å²) in [5.41, 5.74) is 4.72. The molecule has 0 spiro atoms. The molecule has 1 amide bonds. The van der Waals surface area contributed by atoms with Crippen molar-refractivity contribution >= 4 is 5.91 Å². The highest BCUT2D eigenvalue weighted by Gasteiger charge is 2.62. The van der Waals surface area contributed by atoms with E-state index < -0.39 is 17.7 Å². The smallest absolute Gasteiger partial charge is 0.316 e. The molecule has 0 aromatic rings. The van der Waals surface area contributed by atoms with Crippen LogP contribution in [-0.4, -0.2) is 51.5 Å². The third-order valence-electron chi connectivity index (χ3n) is 5.06. The van der Waals surface area contributed by atoms with Gasteiger partial charge < -0.3 is 10.6 Å². The Morgan fingerprint density at radius 1 is 1.38 bits per heavy atom. The molecule has 116 valence electrons. The van der Waals surface area contributed by atoms with Gasteiger partial charge in [-0.3, -0.25) is 14.9 Å². The molecule has 1 saturated heterocycles. The van der Waals surface area contributed by atoms with Gasteiger partial charge in [-0.25, -0.2) is 4.90 Å². The van der Waals surface area contributed by atoms with E-state index in [0.717, 1.165) is 25.7 Å². The van der Waals surface area contributed by atoms with Crippen LogP contribution in [0, 0.1) is 16.0 Å². The molecule has 7 nitrogen and oxygen atoms in total. The van der Waals surface area contributed by atoms with E-state index in [2.05, 4.69) is 0 Å². The Balaban J connectivity index is 1.98. The second-order valence-electron chi connectivity index (χ2n) is 6.30. The molecule has 7 heteroatoms. The van der Waals surface area contributed by atoms with Crippen LogP contribution in [0.25, 0.3) is 0 Å². The first-order valence-electron chi connectivity index (χ1n) is 7.65. The molecule has 0 radical (unpaired) electrons. The third kappa shape index (κ3) is 2.06. The molecule has 3 rings (SSSR count). The molecular weight excluding hydrogens is 272 g/mol. The van der Waals surface area contributed by atoms with Crippen molar-refractivity contribution in [3.05, 3.63) is 22.4 Å². The van der Waals surface area contributed by atoms with Gasteiger partial charge in [-0.2, -0.15) is 0 Å². The fraction of sp³-hybridized carbons (Fsp3) is 0.786. The third-order valence-corrected chi connectivity index (χ3v) is 5.06. The fourth-order valence-corrected chi connectivity index (χ4v) is 3.68. The molecule has 2 aliphatic heterocycles. The summed E-state index contributed by atoms with van der Waals surface area (Å²) in [7, 11) is 0. The number of hydrogen-bond donors (Lipinski definition) is 1. The van der Waals surface area contributed by atoms with Crippen molar-refractivity contribution in [2.45, 2.75) is 50.4 Å². The number of hydrogen-bond acceptors (Lipinski definition) is 5. The minimum atomic E-state index is -1.41. The van der Waals surface area contributed by atoms with Crippen molar-refractivity contribution in [3.63, 3.8) is 0 Å². The highest BCUT2D eigenvalue weighted by Crippen LogP contribution is 2.38. The Labute approximate surface area is 123 Å². The van der Waals surface area contributed by atoms with E-state index in [1.54, 1.807) is 24.1 Å². The predicted octanol–water partition coefficient (Wildman–Crippen LogP) is 0.537. The van der Waals surface area contributed by atoms with Crippen LogP contribution in [0.3, 0.4) is 0 Å². The Bertz CT molecular complexity index is 485. The number of carbonyl (C=O) groups excluding carboxylic acids is 1. The molecular formula is C14H22N4O3. The normalized spacial score (nSPS) is 37.0. The van der Waals surface area contributed by atoms with Crippen molar-refractivity contribution in [1.82, 2.24) is 9.80 Å². The van der Waals surface area contributed by atoms with E-state index in [4.69, 9.17) is 5.73 Å². The van der Waals surface area contributed by atoms with E-state index in [9.17, 15) is 14.9 Å². The van der Waals surface area contributed by atoms with E-state index in [-0.39, 0.29) is 16.7 Å². The van der Waals surface area contributed by atoms with Gasteiger partial charge in [0.1, 0.15) is 12.1 Å². The molecule has 21 heavy (non-hydrogen) atoms. The molecule has 0 aromatic heterocycles. The topological polar surface area (TPSA) is 92.7 Å². The van der Waals surface area contributed by atoms with E-state index in [0.29, 0.717) is 13.1 Å². The summed E-state index contributed by atoms with van der Waals surface area (Å²) in [4.78, 5) is 27.5. The van der Waals surface area contributed by atoms with Gasteiger partial charge in [0.2, 0.25) is 5.91 Å². The first-order chi connectivity index (χ1) is 9.99. The molecule has 1 aliphatic carbocycles. The zero-order valence-electron chi connectivity index (χ0n) is 12.3. The number of nitrogens with zero attached hydrogens (tertiary/aromatic N) is 3. The van der Waals surface area contributed by atoms with Crippen molar-refractivity contribution in [2.75, 3.05) is 13.1 Å². The summed E-state index contributed by atoms with van der Waals surface area (Å²) in [6, 6.07) is -1.26. The quantitative estimate of drug-likeness (QED) is 0.605. The highest BCUT2D eigenvalue weighted by atomic mass is 16.6. The summed E-state index contributed by atoms with van der Waals surface area (Å²) in [5, 5.41) is 11.9. The van der Waals surface area contributed by atoms with Gasteiger partial charge in [0.05, 0.1) is 0 Å². The SMILES string of the molecule is CC1N(C(=O)C2CC2)C=CC(N)C1(N1CCCC1)[N+](=O)[O-]. The Morgan fingerprint density at radius 3 is 2.52 bits per heavy atom. The van der Waals surface area contributed by atoms with Gasteiger partial charge in [0.15, 0.2) is 0 Å². The van der Waals surface area contributed by atoms with Gasteiger partial charge in [-0.15, -0.1) is 0 Å². The van der Waals surface area contributed by atoms with Crippen LogP contribution in [0.5, 0.6) is 0 Å². The van der Waals surface area contributed by atoms with Crippen molar-refractivity contribution in [2.24, 2.45) is 11.7 Å². The molecule has 0 aromatic carbocycles. The molecule has 2 fully saturated rings. The van der Waals surface area contributed by atoms with E-state index in [1.807, 2.05) is 4.90 Å². The second kappa shape index (κ2) is 5.06.